The number of ether oxygens (including phenoxy) is 1. The van der Waals surface area contributed by atoms with E-state index in [1.165, 1.54) is 12.3 Å². The number of nitrogens with two attached hydrogens (primary N) is 2. The average molecular weight is 484 g/mol. The standard InChI is InChI=1S/C25H30ClN5O3/c1-16(2)31-15-20(14-29-13-17-6-8-19(26)9-7-17)34-23-21(25(31)33)4-3-5-22(23)30-24(32)18(12-28)10-11-27/h3-12,16,20,29H,13-15,27-28H2,1-2H3,(H,30,32)/b11-10-,18-12+. The zero-order valence-corrected chi connectivity index (χ0v) is 20.0. The minimum absolute atomic E-state index is 0.0273. The first kappa shape index (κ1) is 25.1. The number of carbonyl (C=O) groups is 2. The molecule has 0 aromatic heterocycles. The van der Waals surface area contributed by atoms with Crippen molar-refractivity contribution in [1.29, 1.82) is 0 Å². The molecule has 1 atom stereocenters. The van der Waals surface area contributed by atoms with Gasteiger partial charge in [-0.2, -0.15) is 0 Å². The van der Waals surface area contributed by atoms with Crippen molar-refractivity contribution < 1.29 is 14.3 Å². The summed E-state index contributed by atoms with van der Waals surface area (Å²) in [6.07, 6.45) is 3.45. The maximum atomic E-state index is 13.3. The van der Waals surface area contributed by atoms with E-state index in [1.807, 2.05) is 38.1 Å². The van der Waals surface area contributed by atoms with E-state index < -0.39 is 5.91 Å². The third kappa shape index (κ3) is 6.09. The average Bonchev–Trinajstić information content (AvgIpc) is 2.96. The van der Waals surface area contributed by atoms with E-state index in [0.29, 0.717) is 41.7 Å². The number of benzene rings is 2. The zero-order chi connectivity index (χ0) is 24.7. The molecule has 0 aliphatic carbocycles. The number of hydrogen-bond donors (Lipinski definition) is 4. The number of halogens is 1. The van der Waals surface area contributed by atoms with Gasteiger partial charge in [0.05, 0.1) is 23.4 Å². The molecule has 1 unspecified atom stereocenters. The monoisotopic (exact) mass is 483 g/mol. The summed E-state index contributed by atoms with van der Waals surface area (Å²) in [5, 5.41) is 6.85. The molecule has 0 saturated heterocycles. The molecular formula is C25H30ClN5O3. The Labute approximate surface area is 204 Å². The van der Waals surface area contributed by atoms with Gasteiger partial charge in [0.25, 0.3) is 11.8 Å². The van der Waals surface area contributed by atoms with Gasteiger partial charge in [-0.3, -0.25) is 9.59 Å². The summed E-state index contributed by atoms with van der Waals surface area (Å²) in [7, 11) is 0. The Morgan fingerprint density at radius 1 is 1.24 bits per heavy atom. The molecule has 0 fully saturated rings. The van der Waals surface area contributed by atoms with Crippen molar-refractivity contribution in [2.24, 2.45) is 11.5 Å². The predicted molar refractivity (Wildman–Crippen MR) is 134 cm³/mol. The van der Waals surface area contributed by atoms with Crippen molar-refractivity contribution >= 4 is 29.1 Å². The summed E-state index contributed by atoms with van der Waals surface area (Å²) in [4.78, 5) is 27.7. The largest absolute Gasteiger partial charge is 0.484 e. The second-order valence-electron chi connectivity index (χ2n) is 8.17. The van der Waals surface area contributed by atoms with Crippen LogP contribution in [-0.4, -0.2) is 41.9 Å². The molecule has 8 nitrogen and oxygen atoms in total. The van der Waals surface area contributed by atoms with E-state index in [4.69, 9.17) is 27.8 Å². The van der Waals surface area contributed by atoms with Crippen LogP contribution in [-0.2, 0) is 11.3 Å². The highest BCUT2D eigenvalue weighted by Crippen LogP contribution is 2.34. The van der Waals surface area contributed by atoms with Crippen LogP contribution in [0, 0.1) is 0 Å². The van der Waals surface area contributed by atoms with Gasteiger partial charge < -0.3 is 31.7 Å². The number of rotatable bonds is 8. The van der Waals surface area contributed by atoms with E-state index in [9.17, 15) is 9.59 Å². The van der Waals surface area contributed by atoms with Crippen LogP contribution in [0.2, 0.25) is 5.02 Å². The highest BCUT2D eigenvalue weighted by Gasteiger charge is 2.32. The summed E-state index contributed by atoms with van der Waals surface area (Å²) in [6.45, 7) is 5.43. The second kappa shape index (κ2) is 11.6. The lowest BCUT2D eigenvalue weighted by molar-refractivity contribution is -0.112. The normalized spacial score (nSPS) is 16.4. The fourth-order valence-corrected chi connectivity index (χ4v) is 3.75. The van der Waals surface area contributed by atoms with Gasteiger partial charge in [-0.1, -0.05) is 29.8 Å². The van der Waals surface area contributed by atoms with Crippen LogP contribution < -0.4 is 26.8 Å². The van der Waals surface area contributed by atoms with E-state index >= 15 is 0 Å². The van der Waals surface area contributed by atoms with E-state index in [-0.39, 0.29) is 23.6 Å². The van der Waals surface area contributed by atoms with Gasteiger partial charge >= 0.3 is 0 Å². The molecule has 0 radical (unpaired) electrons. The molecule has 1 aliphatic rings. The maximum absolute atomic E-state index is 13.3. The van der Waals surface area contributed by atoms with Crippen LogP contribution in [0.3, 0.4) is 0 Å². The Kier molecular flexibility index (Phi) is 8.56. The van der Waals surface area contributed by atoms with Crippen molar-refractivity contribution in [2.45, 2.75) is 32.5 Å². The molecule has 180 valence electrons. The fraction of sp³-hybridized carbons (Fsp3) is 0.280. The molecule has 2 aromatic carbocycles. The molecule has 1 aliphatic heterocycles. The lowest BCUT2D eigenvalue weighted by Crippen LogP contribution is -2.44. The fourth-order valence-electron chi connectivity index (χ4n) is 3.63. The summed E-state index contributed by atoms with van der Waals surface area (Å²) in [5.41, 5.74) is 13.0. The van der Waals surface area contributed by atoms with Crippen LogP contribution in [0.5, 0.6) is 5.75 Å². The minimum Gasteiger partial charge on any atom is -0.484 e. The number of carbonyl (C=O) groups excluding carboxylic acids is 2. The van der Waals surface area contributed by atoms with Gasteiger partial charge in [-0.15, -0.1) is 0 Å². The van der Waals surface area contributed by atoms with Crippen molar-refractivity contribution in [2.75, 3.05) is 18.4 Å². The molecule has 9 heteroatoms. The molecule has 0 saturated carbocycles. The van der Waals surface area contributed by atoms with Crippen LogP contribution in [0.25, 0.3) is 0 Å². The first-order valence-electron chi connectivity index (χ1n) is 11.0. The summed E-state index contributed by atoms with van der Waals surface area (Å²) in [5.74, 6) is -0.288. The summed E-state index contributed by atoms with van der Waals surface area (Å²) >= 11 is 5.96. The molecule has 2 amide bonds. The number of hydrogen-bond acceptors (Lipinski definition) is 6. The third-order valence-corrected chi connectivity index (χ3v) is 5.65. The summed E-state index contributed by atoms with van der Waals surface area (Å²) in [6, 6.07) is 12.7. The molecular weight excluding hydrogens is 454 g/mol. The lowest BCUT2D eigenvalue weighted by atomic mass is 10.1. The molecule has 2 aromatic rings. The van der Waals surface area contributed by atoms with Crippen LogP contribution in [0.1, 0.15) is 29.8 Å². The highest BCUT2D eigenvalue weighted by atomic mass is 35.5. The number of nitrogens with zero attached hydrogens (tertiary/aromatic N) is 1. The Hall–Kier alpha value is -3.49. The quantitative estimate of drug-likeness (QED) is 0.338. The zero-order valence-electron chi connectivity index (χ0n) is 19.3. The minimum atomic E-state index is -0.462. The Balaban J connectivity index is 1.84. The Morgan fingerprint density at radius 2 is 1.97 bits per heavy atom. The topological polar surface area (TPSA) is 123 Å². The van der Waals surface area contributed by atoms with E-state index in [2.05, 4.69) is 10.6 Å². The number of amides is 2. The number of anilines is 1. The van der Waals surface area contributed by atoms with Gasteiger partial charge in [0, 0.05) is 30.4 Å². The second-order valence-corrected chi connectivity index (χ2v) is 8.60. The SMILES string of the molecule is CC(C)N1CC(CNCc2ccc(Cl)cc2)Oc2c(NC(=O)C(/C=C\N)=C/N)cccc2C1=O. The number of fused-ring (bicyclic) bond motifs is 1. The van der Waals surface area contributed by atoms with E-state index in [1.54, 1.807) is 23.1 Å². The number of nitrogens with one attached hydrogen (secondary N) is 2. The molecule has 34 heavy (non-hydrogen) atoms. The van der Waals surface area contributed by atoms with Gasteiger partial charge in [0.15, 0.2) is 5.75 Å². The highest BCUT2D eigenvalue weighted by molar-refractivity contribution is 6.30. The smallest absolute Gasteiger partial charge is 0.258 e. The van der Waals surface area contributed by atoms with Crippen molar-refractivity contribution in [3.05, 3.63) is 82.7 Å². The lowest BCUT2D eigenvalue weighted by Gasteiger charge is -2.27. The van der Waals surface area contributed by atoms with Crippen molar-refractivity contribution in [3.8, 4) is 5.75 Å². The number of para-hydroxylation sites is 1. The Morgan fingerprint density at radius 3 is 2.62 bits per heavy atom. The molecule has 0 bridgehead atoms. The van der Waals surface area contributed by atoms with Crippen LogP contribution in [0.4, 0.5) is 5.69 Å². The molecule has 3 rings (SSSR count). The molecule has 0 spiro atoms. The third-order valence-electron chi connectivity index (χ3n) is 5.39. The van der Waals surface area contributed by atoms with Crippen LogP contribution >= 0.6 is 11.6 Å². The van der Waals surface area contributed by atoms with Gasteiger partial charge in [0.2, 0.25) is 0 Å². The van der Waals surface area contributed by atoms with E-state index in [0.717, 1.165) is 11.8 Å². The maximum Gasteiger partial charge on any atom is 0.258 e. The van der Waals surface area contributed by atoms with Crippen molar-refractivity contribution in [3.63, 3.8) is 0 Å². The van der Waals surface area contributed by atoms with Gasteiger partial charge in [0.1, 0.15) is 6.10 Å². The predicted octanol–water partition coefficient (Wildman–Crippen LogP) is 2.99. The Bertz CT molecular complexity index is 1080. The first-order chi connectivity index (χ1) is 16.3. The van der Waals surface area contributed by atoms with Gasteiger partial charge in [-0.25, -0.2) is 0 Å². The molecule has 1 heterocycles. The van der Waals surface area contributed by atoms with Crippen molar-refractivity contribution in [1.82, 2.24) is 10.2 Å². The molecule has 6 N–H and O–H groups in total. The van der Waals surface area contributed by atoms with Crippen LogP contribution in [0.15, 0.2) is 66.5 Å². The first-order valence-corrected chi connectivity index (χ1v) is 11.4. The summed E-state index contributed by atoms with van der Waals surface area (Å²) < 4.78 is 6.32. The van der Waals surface area contributed by atoms with Gasteiger partial charge in [-0.05, 0) is 56.0 Å².